The van der Waals surface area contributed by atoms with E-state index in [1.54, 1.807) is 6.92 Å². The summed E-state index contributed by atoms with van der Waals surface area (Å²) in [5.74, 6) is -1.28. The lowest BCUT2D eigenvalue weighted by Gasteiger charge is -2.54. The van der Waals surface area contributed by atoms with Crippen LogP contribution in [0.2, 0.25) is 0 Å². The molecule has 4 bridgehead atoms. The number of ketones is 1. The zero-order valence-corrected chi connectivity index (χ0v) is 23.3. The molecule has 15 nitrogen and oxygen atoms in total. The van der Waals surface area contributed by atoms with Crippen molar-refractivity contribution in [3.63, 3.8) is 0 Å². The second-order valence-corrected chi connectivity index (χ2v) is 11.5. The van der Waals surface area contributed by atoms with Gasteiger partial charge in [-0.1, -0.05) is 0 Å². The van der Waals surface area contributed by atoms with E-state index in [1.165, 1.54) is 29.3 Å². The summed E-state index contributed by atoms with van der Waals surface area (Å²) >= 11 is 0. The highest BCUT2D eigenvalue weighted by atomic mass is 16.2. The second kappa shape index (κ2) is 12.6. The summed E-state index contributed by atoms with van der Waals surface area (Å²) in [6, 6.07) is 1.72. The van der Waals surface area contributed by atoms with Gasteiger partial charge in [0.05, 0.1) is 0 Å². The average molecular weight is 582 g/mol. The molecule has 0 saturated heterocycles. The Kier molecular flexibility index (Phi) is 8.73. The number of hydrogen-bond donors (Lipinski definition) is 5. The Morgan fingerprint density at radius 1 is 1.07 bits per heavy atom. The number of likely N-dealkylation sites (N-methyl/N-ethyl adjacent to an activating group) is 1. The van der Waals surface area contributed by atoms with Crippen molar-refractivity contribution in [1.82, 2.24) is 41.1 Å². The normalized spacial score (nSPS) is 24.5. The van der Waals surface area contributed by atoms with E-state index in [1.807, 2.05) is 0 Å². The molecule has 5 N–H and O–H groups in total. The van der Waals surface area contributed by atoms with Crippen molar-refractivity contribution in [3.05, 3.63) is 34.5 Å². The number of nitrogens with zero attached hydrogens (tertiary/aromatic N) is 4. The smallest absolute Gasteiger partial charge is 0.293 e. The Hall–Kier alpha value is -4.43. The van der Waals surface area contributed by atoms with Crippen LogP contribution in [0.25, 0.3) is 0 Å². The number of pyridine rings is 1. The summed E-state index contributed by atoms with van der Waals surface area (Å²) < 4.78 is 1.21. The van der Waals surface area contributed by atoms with E-state index in [0.29, 0.717) is 11.8 Å². The molecule has 15 heteroatoms. The second-order valence-electron chi connectivity index (χ2n) is 11.5. The van der Waals surface area contributed by atoms with E-state index in [-0.39, 0.29) is 49.4 Å². The van der Waals surface area contributed by atoms with Crippen LogP contribution in [0.4, 0.5) is 5.69 Å². The average Bonchev–Trinajstić information content (AvgIpc) is 3.50. The maximum atomic E-state index is 13.2. The number of carbonyl (C=O) groups is 5. The van der Waals surface area contributed by atoms with Crippen molar-refractivity contribution in [3.8, 4) is 0 Å². The molecule has 224 valence electrons. The van der Waals surface area contributed by atoms with Crippen LogP contribution < -0.4 is 26.8 Å². The van der Waals surface area contributed by atoms with Crippen molar-refractivity contribution in [2.75, 3.05) is 11.9 Å². The molecule has 0 spiro atoms. The van der Waals surface area contributed by atoms with Crippen LogP contribution in [0, 0.1) is 23.7 Å². The number of nitrogens with one attached hydrogen (secondary N) is 5. The van der Waals surface area contributed by atoms with Gasteiger partial charge in [0.1, 0.15) is 18.3 Å². The zero-order chi connectivity index (χ0) is 29.8. The maximum Gasteiger partial charge on any atom is 0.293 e. The third-order valence-electron chi connectivity index (χ3n) is 8.57. The number of aromatic nitrogens is 5. The van der Waals surface area contributed by atoms with E-state index < -0.39 is 35.1 Å². The SMILES string of the molecule is CCNC(=O)C(=O)CC[C@H](NC(=O)c1nn[nH]n1)C(=O)Nc1cccn(CC(=O)NC2C3CC4CC(C3)CC2C4)c1=O. The zero-order valence-electron chi connectivity index (χ0n) is 23.3. The van der Waals surface area contributed by atoms with Crippen molar-refractivity contribution in [2.45, 2.75) is 70.5 Å². The first-order valence-corrected chi connectivity index (χ1v) is 14.4. The Morgan fingerprint density at radius 3 is 2.43 bits per heavy atom. The Morgan fingerprint density at radius 2 is 1.79 bits per heavy atom. The monoisotopic (exact) mass is 581 g/mol. The molecule has 0 aliphatic heterocycles. The summed E-state index contributed by atoms with van der Waals surface area (Å²) in [7, 11) is 0. The van der Waals surface area contributed by atoms with Gasteiger partial charge in [-0.15, -0.1) is 10.2 Å². The van der Waals surface area contributed by atoms with Crippen LogP contribution in [0.5, 0.6) is 0 Å². The fourth-order valence-electron chi connectivity index (χ4n) is 6.92. The minimum absolute atomic E-state index is 0.112. The minimum atomic E-state index is -1.32. The van der Waals surface area contributed by atoms with E-state index in [4.69, 9.17) is 0 Å². The lowest BCUT2D eigenvalue weighted by molar-refractivity contribution is -0.138. The van der Waals surface area contributed by atoms with Gasteiger partial charge in [-0.2, -0.15) is 5.21 Å². The first-order chi connectivity index (χ1) is 20.2. The number of aromatic amines is 1. The molecule has 0 aromatic carbocycles. The molecule has 42 heavy (non-hydrogen) atoms. The van der Waals surface area contributed by atoms with Crippen LogP contribution in [-0.4, -0.2) is 73.2 Å². The molecule has 0 radical (unpaired) electrons. The highest BCUT2D eigenvalue weighted by molar-refractivity contribution is 6.36. The number of Topliss-reactive ketones (excluding diaryl/α,β-unsaturated/α-hetero) is 1. The maximum absolute atomic E-state index is 13.2. The van der Waals surface area contributed by atoms with Gasteiger partial charge in [-0.3, -0.25) is 28.8 Å². The van der Waals surface area contributed by atoms with Gasteiger partial charge in [0.15, 0.2) is 0 Å². The molecule has 2 aromatic heterocycles. The van der Waals surface area contributed by atoms with E-state index in [9.17, 15) is 28.8 Å². The van der Waals surface area contributed by atoms with Gasteiger partial charge in [-0.25, -0.2) is 0 Å². The summed E-state index contributed by atoms with van der Waals surface area (Å²) in [5, 5.41) is 23.0. The van der Waals surface area contributed by atoms with Gasteiger partial charge in [0, 0.05) is 25.2 Å². The summed E-state index contributed by atoms with van der Waals surface area (Å²) in [5.41, 5.74) is -0.716. The topological polar surface area (TPSA) is 210 Å². The molecule has 4 fully saturated rings. The van der Waals surface area contributed by atoms with Gasteiger partial charge >= 0.3 is 0 Å². The fourth-order valence-corrected chi connectivity index (χ4v) is 6.92. The van der Waals surface area contributed by atoms with Crippen LogP contribution in [0.15, 0.2) is 23.1 Å². The first-order valence-electron chi connectivity index (χ1n) is 14.4. The molecule has 4 amide bonds. The largest absolute Gasteiger partial charge is 0.351 e. The third kappa shape index (κ3) is 6.55. The molecule has 2 heterocycles. The number of tetrazole rings is 1. The van der Waals surface area contributed by atoms with Crippen LogP contribution in [0.3, 0.4) is 0 Å². The summed E-state index contributed by atoms with van der Waals surface area (Å²) in [6.07, 6.45) is 6.80. The van der Waals surface area contributed by atoms with Gasteiger partial charge in [-0.05, 0) is 86.5 Å². The first kappa shape index (κ1) is 29.1. The number of H-pyrrole nitrogens is 1. The number of hydrogen-bond acceptors (Lipinski definition) is 9. The quantitative estimate of drug-likeness (QED) is 0.205. The van der Waals surface area contributed by atoms with Crippen LogP contribution in [0.1, 0.15) is 62.5 Å². The van der Waals surface area contributed by atoms with Crippen molar-refractivity contribution < 1.29 is 24.0 Å². The van der Waals surface area contributed by atoms with E-state index >= 15 is 0 Å². The van der Waals surface area contributed by atoms with Crippen LogP contribution >= 0.6 is 0 Å². The Bertz CT molecular complexity index is 1380. The van der Waals surface area contributed by atoms with Crippen molar-refractivity contribution >= 4 is 35.1 Å². The molecule has 6 rings (SSSR count). The Labute approximate surface area is 241 Å². The predicted molar refractivity (Wildman–Crippen MR) is 147 cm³/mol. The van der Waals surface area contributed by atoms with Gasteiger partial charge < -0.3 is 25.8 Å². The molecule has 2 aromatic rings. The molecule has 4 aliphatic rings. The lowest BCUT2D eigenvalue weighted by atomic mass is 9.54. The molecule has 0 unspecified atom stereocenters. The van der Waals surface area contributed by atoms with Gasteiger partial charge in [0.2, 0.25) is 17.6 Å². The van der Waals surface area contributed by atoms with E-state index in [2.05, 4.69) is 41.9 Å². The van der Waals surface area contributed by atoms with Crippen LogP contribution in [-0.2, 0) is 25.7 Å². The highest BCUT2D eigenvalue weighted by Gasteiger charge is 2.48. The number of rotatable bonds is 12. The molecular formula is C27H35N9O6. The number of anilines is 1. The fraction of sp³-hybridized carbons (Fsp3) is 0.593. The third-order valence-corrected chi connectivity index (χ3v) is 8.57. The number of carbonyl (C=O) groups excluding carboxylic acids is 5. The molecule has 4 aliphatic carbocycles. The van der Waals surface area contributed by atoms with Gasteiger partial charge in [0.25, 0.3) is 23.2 Å². The van der Waals surface area contributed by atoms with Crippen molar-refractivity contribution in [2.24, 2.45) is 23.7 Å². The minimum Gasteiger partial charge on any atom is -0.351 e. The van der Waals surface area contributed by atoms with E-state index in [0.717, 1.165) is 37.5 Å². The Balaban J connectivity index is 1.23. The molecule has 4 saturated carbocycles. The highest BCUT2D eigenvalue weighted by Crippen LogP contribution is 2.53. The standard InChI is InChI=1S/C27H35N9O6/c1-2-28-25(40)20(37)6-5-18(29-26(41)23-32-34-35-33-23)24(39)30-19-4-3-7-36(27(19)42)13-21(38)31-22-16-9-14-8-15(11-16)12-17(22)10-14/h3-4,7,14-18,22H,2,5-6,8-13H2,1H3,(H,28,40)(H,29,41)(H,30,39)(H,31,38)(H,32,33,34,35)/t14?,15?,16?,17?,18-,22?/m0/s1. The number of amides is 4. The predicted octanol–water partition coefficient (Wildman–Crippen LogP) is -0.475. The summed E-state index contributed by atoms with van der Waals surface area (Å²) in [4.78, 5) is 75.9. The summed E-state index contributed by atoms with van der Waals surface area (Å²) in [6.45, 7) is 1.71. The molecular weight excluding hydrogens is 546 g/mol. The lowest BCUT2D eigenvalue weighted by Crippen LogP contribution is -2.56. The molecule has 1 atom stereocenters. The van der Waals surface area contributed by atoms with Crippen molar-refractivity contribution in [1.29, 1.82) is 0 Å².